The van der Waals surface area contributed by atoms with Crippen molar-refractivity contribution >= 4 is 0 Å². The number of ether oxygens (including phenoxy) is 2. The molecule has 1 atom stereocenters. The standard InChI is InChI=1S/C19H21F2NO2/c1-3-23-16-10-12-8-9-22-19(14(12)11-17(16)24-4-2)13-6-5-7-15(20)18(13)21/h5-7,10-11,19,22H,3-4,8-9H2,1-2H3/t19-/m1/s1. The first-order valence-corrected chi connectivity index (χ1v) is 8.25. The Morgan fingerprint density at radius 2 is 1.75 bits per heavy atom. The van der Waals surface area contributed by atoms with Crippen molar-refractivity contribution in [2.45, 2.75) is 26.3 Å². The van der Waals surface area contributed by atoms with Gasteiger partial charge in [0.1, 0.15) is 0 Å². The van der Waals surface area contributed by atoms with Gasteiger partial charge in [0, 0.05) is 12.1 Å². The van der Waals surface area contributed by atoms with Gasteiger partial charge in [-0.15, -0.1) is 0 Å². The molecule has 2 aromatic rings. The Balaban J connectivity index is 2.09. The average molecular weight is 333 g/mol. The van der Waals surface area contributed by atoms with E-state index < -0.39 is 17.7 Å². The van der Waals surface area contributed by atoms with Gasteiger partial charge in [-0.2, -0.15) is 0 Å². The number of hydrogen-bond acceptors (Lipinski definition) is 3. The topological polar surface area (TPSA) is 30.5 Å². The Hall–Kier alpha value is -2.14. The van der Waals surface area contributed by atoms with Gasteiger partial charge in [0.25, 0.3) is 0 Å². The van der Waals surface area contributed by atoms with E-state index in [9.17, 15) is 8.78 Å². The third-order valence-corrected chi connectivity index (χ3v) is 4.15. The van der Waals surface area contributed by atoms with Crippen LogP contribution >= 0.6 is 0 Å². The predicted octanol–water partition coefficient (Wildman–Crippen LogP) is 4.00. The van der Waals surface area contributed by atoms with E-state index >= 15 is 0 Å². The van der Waals surface area contributed by atoms with Crippen LogP contribution in [0.2, 0.25) is 0 Å². The van der Waals surface area contributed by atoms with Gasteiger partial charge < -0.3 is 14.8 Å². The average Bonchev–Trinajstić information content (AvgIpc) is 2.58. The molecule has 0 unspecified atom stereocenters. The van der Waals surface area contributed by atoms with Crippen molar-refractivity contribution in [3.8, 4) is 11.5 Å². The highest BCUT2D eigenvalue weighted by molar-refractivity contribution is 5.51. The molecule has 2 aromatic carbocycles. The van der Waals surface area contributed by atoms with E-state index in [0.29, 0.717) is 36.8 Å². The van der Waals surface area contributed by atoms with Crippen molar-refractivity contribution in [3.63, 3.8) is 0 Å². The second-order valence-corrected chi connectivity index (χ2v) is 5.64. The highest BCUT2D eigenvalue weighted by atomic mass is 19.2. The summed E-state index contributed by atoms with van der Waals surface area (Å²) in [5, 5.41) is 3.28. The lowest BCUT2D eigenvalue weighted by molar-refractivity contribution is 0.286. The fourth-order valence-electron chi connectivity index (χ4n) is 3.12. The van der Waals surface area contributed by atoms with Crippen molar-refractivity contribution in [2.75, 3.05) is 19.8 Å². The fourth-order valence-corrected chi connectivity index (χ4v) is 3.12. The molecule has 128 valence electrons. The number of halogens is 2. The summed E-state index contributed by atoms with van der Waals surface area (Å²) < 4.78 is 39.2. The van der Waals surface area contributed by atoms with Crippen LogP contribution in [0.5, 0.6) is 11.5 Å². The normalized spacial score (nSPS) is 16.6. The maximum atomic E-state index is 14.3. The monoisotopic (exact) mass is 333 g/mol. The SMILES string of the molecule is CCOc1cc2c(cc1OCC)[C@@H](c1cccc(F)c1F)NCC2. The van der Waals surface area contributed by atoms with E-state index in [-0.39, 0.29) is 0 Å². The molecule has 0 radical (unpaired) electrons. The van der Waals surface area contributed by atoms with Gasteiger partial charge in [-0.3, -0.25) is 0 Å². The van der Waals surface area contributed by atoms with Gasteiger partial charge in [0.15, 0.2) is 23.1 Å². The minimum atomic E-state index is -0.836. The first-order valence-electron chi connectivity index (χ1n) is 8.25. The number of nitrogens with one attached hydrogen (secondary N) is 1. The summed E-state index contributed by atoms with van der Waals surface area (Å²) in [4.78, 5) is 0. The zero-order valence-electron chi connectivity index (χ0n) is 13.9. The number of rotatable bonds is 5. The Morgan fingerprint density at radius 3 is 2.46 bits per heavy atom. The summed E-state index contributed by atoms with van der Waals surface area (Å²) in [5.74, 6) is -0.325. The molecule has 1 heterocycles. The van der Waals surface area contributed by atoms with E-state index in [1.165, 1.54) is 6.07 Å². The van der Waals surface area contributed by atoms with Crippen LogP contribution in [0.3, 0.4) is 0 Å². The van der Waals surface area contributed by atoms with Gasteiger partial charge in [-0.1, -0.05) is 12.1 Å². The third-order valence-electron chi connectivity index (χ3n) is 4.15. The largest absolute Gasteiger partial charge is 0.490 e. The molecule has 3 rings (SSSR count). The lowest BCUT2D eigenvalue weighted by atomic mass is 9.89. The Morgan fingerprint density at radius 1 is 1.04 bits per heavy atom. The molecule has 0 aromatic heterocycles. The molecule has 24 heavy (non-hydrogen) atoms. The van der Waals surface area contributed by atoms with Crippen LogP contribution in [-0.2, 0) is 6.42 Å². The van der Waals surface area contributed by atoms with Crippen molar-refractivity contribution in [1.82, 2.24) is 5.32 Å². The van der Waals surface area contributed by atoms with Crippen LogP contribution in [-0.4, -0.2) is 19.8 Å². The van der Waals surface area contributed by atoms with E-state index in [1.807, 2.05) is 26.0 Å². The van der Waals surface area contributed by atoms with Crippen LogP contribution < -0.4 is 14.8 Å². The molecule has 1 N–H and O–H groups in total. The summed E-state index contributed by atoms with van der Waals surface area (Å²) in [6.45, 7) is 5.55. The van der Waals surface area contributed by atoms with E-state index in [1.54, 1.807) is 6.07 Å². The number of fused-ring (bicyclic) bond motifs is 1. The van der Waals surface area contributed by atoms with Crippen molar-refractivity contribution in [3.05, 3.63) is 58.7 Å². The summed E-state index contributed by atoms with van der Waals surface area (Å²) in [5.41, 5.74) is 2.27. The Kier molecular flexibility index (Phi) is 5.00. The Labute approximate surface area is 140 Å². The number of benzene rings is 2. The molecule has 0 spiro atoms. The molecule has 0 saturated carbocycles. The Bertz CT molecular complexity index is 734. The molecule has 1 aliphatic heterocycles. The predicted molar refractivity (Wildman–Crippen MR) is 88.7 cm³/mol. The molecule has 0 fully saturated rings. The molecule has 0 amide bonds. The van der Waals surface area contributed by atoms with E-state index in [4.69, 9.17) is 9.47 Å². The minimum Gasteiger partial charge on any atom is -0.490 e. The van der Waals surface area contributed by atoms with Gasteiger partial charge in [0.05, 0.1) is 19.3 Å². The third kappa shape index (κ3) is 3.08. The second kappa shape index (κ2) is 7.18. The van der Waals surface area contributed by atoms with Gasteiger partial charge in [-0.05, 0) is 49.6 Å². The molecule has 3 nitrogen and oxygen atoms in total. The first-order chi connectivity index (χ1) is 11.7. The lowest BCUT2D eigenvalue weighted by Crippen LogP contribution is -2.31. The minimum absolute atomic E-state index is 0.308. The molecule has 5 heteroatoms. The molecule has 0 saturated heterocycles. The molecule has 0 bridgehead atoms. The van der Waals surface area contributed by atoms with Crippen LogP contribution in [0.15, 0.2) is 30.3 Å². The zero-order chi connectivity index (χ0) is 17.1. The van der Waals surface area contributed by atoms with Crippen molar-refractivity contribution in [1.29, 1.82) is 0 Å². The summed E-state index contributed by atoms with van der Waals surface area (Å²) in [6, 6.07) is 7.70. The molecule has 0 aliphatic carbocycles. The summed E-state index contributed by atoms with van der Waals surface area (Å²) in [7, 11) is 0. The highest BCUT2D eigenvalue weighted by Crippen LogP contribution is 2.38. The maximum absolute atomic E-state index is 14.3. The number of hydrogen-bond donors (Lipinski definition) is 1. The lowest BCUT2D eigenvalue weighted by Gasteiger charge is -2.29. The zero-order valence-corrected chi connectivity index (χ0v) is 13.9. The quantitative estimate of drug-likeness (QED) is 0.897. The van der Waals surface area contributed by atoms with Crippen molar-refractivity contribution in [2.24, 2.45) is 0 Å². The molecule has 1 aliphatic rings. The molecular weight excluding hydrogens is 312 g/mol. The van der Waals surface area contributed by atoms with Gasteiger partial charge >= 0.3 is 0 Å². The van der Waals surface area contributed by atoms with Gasteiger partial charge in [-0.25, -0.2) is 8.78 Å². The van der Waals surface area contributed by atoms with Crippen LogP contribution in [0, 0.1) is 11.6 Å². The van der Waals surface area contributed by atoms with E-state index in [2.05, 4.69) is 5.32 Å². The smallest absolute Gasteiger partial charge is 0.163 e. The highest BCUT2D eigenvalue weighted by Gasteiger charge is 2.27. The van der Waals surface area contributed by atoms with Crippen LogP contribution in [0.1, 0.15) is 36.6 Å². The molecular formula is C19H21F2NO2. The van der Waals surface area contributed by atoms with Crippen LogP contribution in [0.4, 0.5) is 8.78 Å². The van der Waals surface area contributed by atoms with Crippen LogP contribution in [0.25, 0.3) is 0 Å². The van der Waals surface area contributed by atoms with Gasteiger partial charge in [0.2, 0.25) is 0 Å². The summed E-state index contributed by atoms with van der Waals surface area (Å²) >= 11 is 0. The fraction of sp³-hybridized carbons (Fsp3) is 0.368. The summed E-state index contributed by atoms with van der Waals surface area (Å²) in [6.07, 6.45) is 0.801. The van der Waals surface area contributed by atoms with E-state index in [0.717, 1.165) is 23.6 Å². The maximum Gasteiger partial charge on any atom is 0.163 e. The second-order valence-electron chi connectivity index (χ2n) is 5.64. The van der Waals surface area contributed by atoms with Crippen molar-refractivity contribution < 1.29 is 18.3 Å². The first kappa shape index (κ1) is 16.7.